The molecule has 0 amide bonds. The minimum absolute atomic E-state index is 0.000911. The lowest BCUT2D eigenvalue weighted by Crippen LogP contribution is -2.30. The quantitative estimate of drug-likeness (QED) is 0.278. The van der Waals surface area contributed by atoms with Crippen LogP contribution in [0.1, 0.15) is 11.1 Å². The number of aromatic amines is 1. The van der Waals surface area contributed by atoms with E-state index >= 15 is 0 Å². The zero-order valence-corrected chi connectivity index (χ0v) is 18.2. The average molecular weight is 448 g/mol. The van der Waals surface area contributed by atoms with Gasteiger partial charge in [-0.05, 0) is 24.1 Å². The first-order valence-electron chi connectivity index (χ1n) is 10.3. The van der Waals surface area contributed by atoms with Gasteiger partial charge in [0.25, 0.3) is 5.56 Å². The van der Waals surface area contributed by atoms with Crippen molar-refractivity contribution < 1.29 is 9.84 Å². The van der Waals surface area contributed by atoms with Crippen LogP contribution in [0, 0.1) is 6.92 Å². The first-order valence-corrected chi connectivity index (χ1v) is 10.3. The highest BCUT2D eigenvalue weighted by Crippen LogP contribution is 2.18. The van der Waals surface area contributed by atoms with E-state index < -0.39 is 17.4 Å². The Hall–Kier alpha value is -4.18. The van der Waals surface area contributed by atoms with Crippen LogP contribution in [0.5, 0.6) is 5.75 Å². The number of para-hydroxylation sites is 1. The summed E-state index contributed by atoms with van der Waals surface area (Å²) in [6, 6.07) is 16.9. The fraction of sp³-hybridized carbons (Fsp3) is 0.217. The number of H-pyrrole nitrogens is 1. The Morgan fingerprint density at radius 1 is 1.18 bits per heavy atom. The molecule has 1 atom stereocenters. The number of anilines is 1. The van der Waals surface area contributed by atoms with Gasteiger partial charge in [-0.3, -0.25) is 14.3 Å². The minimum atomic E-state index is -0.961. The summed E-state index contributed by atoms with van der Waals surface area (Å²) in [5, 5.41) is 14.8. The summed E-state index contributed by atoms with van der Waals surface area (Å²) in [4.78, 5) is 31.3. The maximum absolute atomic E-state index is 12.6. The molecule has 10 heteroatoms. The van der Waals surface area contributed by atoms with E-state index in [1.54, 1.807) is 6.21 Å². The number of nitrogens with one attached hydrogen (secondary N) is 2. The summed E-state index contributed by atoms with van der Waals surface area (Å²) >= 11 is 0. The SMILES string of the molecule is Cc1ccccc1OCC(O)Cn1c(N/N=C/c2ccccc2)nc2c1c(=O)[nH]c(=O)n2C. The molecule has 0 aliphatic carbocycles. The van der Waals surface area contributed by atoms with E-state index in [2.05, 4.69) is 20.5 Å². The van der Waals surface area contributed by atoms with Gasteiger partial charge in [0.05, 0.1) is 12.8 Å². The Balaban J connectivity index is 1.63. The lowest BCUT2D eigenvalue weighted by Gasteiger charge is -2.16. The van der Waals surface area contributed by atoms with Crippen molar-refractivity contribution in [2.45, 2.75) is 19.6 Å². The van der Waals surface area contributed by atoms with Gasteiger partial charge >= 0.3 is 5.69 Å². The number of aliphatic hydroxyl groups is 1. The van der Waals surface area contributed by atoms with Crippen LogP contribution in [0.2, 0.25) is 0 Å². The molecule has 0 saturated carbocycles. The molecule has 3 N–H and O–H groups in total. The maximum Gasteiger partial charge on any atom is 0.329 e. The number of aryl methyl sites for hydroxylation is 2. The van der Waals surface area contributed by atoms with E-state index in [1.807, 2.05) is 61.5 Å². The number of rotatable bonds is 8. The van der Waals surface area contributed by atoms with E-state index in [0.717, 1.165) is 11.1 Å². The summed E-state index contributed by atoms with van der Waals surface area (Å²) in [6.07, 6.45) is 0.641. The maximum atomic E-state index is 12.6. The van der Waals surface area contributed by atoms with Crippen molar-refractivity contribution in [2.75, 3.05) is 12.0 Å². The molecule has 0 aliphatic rings. The fourth-order valence-corrected chi connectivity index (χ4v) is 3.37. The van der Waals surface area contributed by atoms with Crippen LogP contribution in [0.25, 0.3) is 11.2 Å². The number of hydrogen-bond acceptors (Lipinski definition) is 7. The van der Waals surface area contributed by atoms with Gasteiger partial charge in [-0.2, -0.15) is 10.1 Å². The smallest absolute Gasteiger partial charge is 0.329 e. The number of nitrogens with zero attached hydrogens (tertiary/aromatic N) is 4. The molecule has 2 aromatic carbocycles. The van der Waals surface area contributed by atoms with Gasteiger partial charge in [-0.25, -0.2) is 10.2 Å². The third-order valence-corrected chi connectivity index (χ3v) is 5.10. The monoisotopic (exact) mass is 448 g/mol. The summed E-state index contributed by atoms with van der Waals surface area (Å²) in [5.74, 6) is 0.872. The normalized spacial score (nSPS) is 12.3. The number of hydrazone groups is 1. The number of fused-ring (bicyclic) bond motifs is 1. The second-order valence-electron chi connectivity index (χ2n) is 7.55. The van der Waals surface area contributed by atoms with Crippen molar-refractivity contribution in [3.05, 3.63) is 86.6 Å². The molecule has 1 unspecified atom stereocenters. The molecular weight excluding hydrogens is 424 g/mol. The van der Waals surface area contributed by atoms with E-state index in [0.29, 0.717) is 5.75 Å². The number of aliphatic hydroxyl groups excluding tert-OH is 1. The molecular formula is C23H24N6O4. The number of benzene rings is 2. The van der Waals surface area contributed by atoms with Crippen LogP contribution in [0.3, 0.4) is 0 Å². The van der Waals surface area contributed by atoms with Gasteiger partial charge in [0.15, 0.2) is 11.2 Å². The van der Waals surface area contributed by atoms with Gasteiger partial charge in [0, 0.05) is 7.05 Å². The van der Waals surface area contributed by atoms with Gasteiger partial charge < -0.3 is 14.4 Å². The molecule has 4 rings (SSSR count). The molecule has 10 nitrogen and oxygen atoms in total. The predicted molar refractivity (Wildman–Crippen MR) is 126 cm³/mol. The molecule has 0 radical (unpaired) electrons. The number of ether oxygens (including phenoxy) is 1. The summed E-state index contributed by atoms with van der Waals surface area (Å²) < 4.78 is 8.46. The Morgan fingerprint density at radius 3 is 2.67 bits per heavy atom. The van der Waals surface area contributed by atoms with Crippen LogP contribution in [0.4, 0.5) is 5.95 Å². The molecule has 0 fully saturated rings. The van der Waals surface area contributed by atoms with E-state index in [-0.39, 0.29) is 30.3 Å². The lowest BCUT2D eigenvalue weighted by molar-refractivity contribution is 0.0935. The van der Waals surface area contributed by atoms with Crippen LogP contribution >= 0.6 is 0 Å². The van der Waals surface area contributed by atoms with Crippen LogP contribution in [-0.4, -0.2) is 43.1 Å². The van der Waals surface area contributed by atoms with Gasteiger partial charge in [0.2, 0.25) is 5.95 Å². The lowest BCUT2D eigenvalue weighted by atomic mass is 10.2. The fourth-order valence-electron chi connectivity index (χ4n) is 3.37. The Morgan fingerprint density at radius 2 is 1.91 bits per heavy atom. The standard InChI is InChI=1S/C23H24N6O4/c1-15-8-6-7-11-18(15)33-14-17(30)13-29-19-20(28(2)23(32)26-21(19)31)25-22(29)27-24-12-16-9-4-3-5-10-16/h3-12,17,30H,13-14H2,1-2H3,(H,25,27)(H,26,31,32)/b24-12+. The second-order valence-corrected chi connectivity index (χ2v) is 7.55. The van der Waals surface area contributed by atoms with Crippen LogP contribution in [-0.2, 0) is 13.6 Å². The van der Waals surface area contributed by atoms with Crippen molar-refractivity contribution in [2.24, 2.45) is 12.1 Å². The highest BCUT2D eigenvalue weighted by atomic mass is 16.5. The largest absolute Gasteiger partial charge is 0.491 e. The van der Waals surface area contributed by atoms with Crippen molar-refractivity contribution in [3.63, 3.8) is 0 Å². The van der Waals surface area contributed by atoms with E-state index in [1.165, 1.54) is 16.2 Å². The summed E-state index contributed by atoms with van der Waals surface area (Å²) in [6.45, 7) is 1.91. The highest BCUT2D eigenvalue weighted by Gasteiger charge is 2.20. The minimum Gasteiger partial charge on any atom is -0.491 e. The van der Waals surface area contributed by atoms with Gasteiger partial charge in [-0.15, -0.1) is 0 Å². The van der Waals surface area contributed by atoms with Crippen LogP contribution < -0.4 is 21.4 Å². The molecule has 0 spiro atoms. The zero-order valence-electron chi connectivity index (χ0n) is 18.2. The average Bonchev–Trinajstić information content (AvgIpc) is 3.16. The molecule has 33 heavy (non-hydrogen) atoms. The zero-order chi connectivity index (χ0) is 23.4. The molecule has 0 saturated heterocycles. The molecule has 0 bridgehead atoms. The van der Waals surface area contributed by atoms with Crippen molar-refractivity contribution >= 4 is 23.3 Å². The first kappa shape index (κ1) is 22.0. The van der Waals surface area contributed by atoms with Gasteiger partial charge in [0.1, 0.15) is 18.5 Å². The molecule has 2 aromatic heterocycles. The third-order valence-electron chi connectivity index (χ3n) is 5.10. The number of imidazole rings is 1. The van der Waals surface area contributed by atoms with E-state index in [9.17, 15) is 14.7 Å². The van der Waals surface area contributed by atoms with Crippen molar-refractivity contribution in [1.29, 1.82) is 0 Å². The summed E-state index contributed by atoms with van der Waals surface area (Å²) in [5.41, 5.74) is 3.76. The highest BCUT2D eigenvalue weighted by molar-refractivity contribution is 5.80. The first-order chi connectivity index (χ1) is 15.9. The van der Waals surface area contributed by atoms with Crippen molar-refractivity contribution in [3.8, 4) is 5.75 Å². The van der Waals surface area contributed by atoms with Gasteiger partial charge in [-0.1, -0.05) is 48.5 Å². The molecule has 2 heterocycles. The van der Waals surface area contributed by atoms with Crippen molar-refractivity contribution in [1.82, 2.24) is 19.1 Å². The van der Waals surface area contributed by atoms with E-state index in [4.69, 9.17) is 4.74 Å². The third kappa shape index (κ3) is 4.85. The topological polar surface area (TPSA) is 127 Å². The Kier molecular flexibility index (Phi) is 6.36. The number of aromatic nitrogens is 4. The molecule has 0 aliphatic heterocycles. The predicted octanol–water partition coefficient (Wildman–Crippen LogP) is 1.62. The summed E-state index contributed by atoms with van der Waals surface area (Å²) in [7, 11) is 1.51. The van der Waals surface area contributed by atoms with Crippen LogP contribution in [0.15, 0.2) is 69.3 Å². The second kappa shape index (κ2) is 9.53. The molecule has 170 valence electrons. The number of hydrogen-bond donors (Lipinski definition) is 3. The Bertz CT molecular complexity index is 1400. The molecule has 4 aromatic rings. The Labute approximate surface area is 188 Å².